The lowest BCUT2D eigenvalue weighted by atomic mass is 10.1. The number of ether oxygens (including phenoxy) is 1. The summed E-state index contributed by atoms with van der Waals surface area (Å²) in [5.41, 5.74) is -0.488. The van der Waals surface area contributed by atoms with Gasteiger partial charge in [-0.15, -0.1) is 0 Å². The van der Waals surface area contributed by atoms with Gasteiger partial charge in [-0.05, 0) is 27.2 Å². The number of nitrogens with zero attached hydrogens (tertiary/aromatic N) is 1. The Labute approximate surface area is 104 Å². The van der Waals surface area contributed by atoms with Gasteiger partial charge in [0.25, 0.3) is 0 Å². The molecule has 4 nitrogen and oxygen atoms in total. The first-order valence-electron chi connectivity index (χ1n) is 6.19. The SMILES string of the molecule is CC.CC(C)(C)OC(=O)N1CC=CCC1CO. The second kappa shape index (κ2) is 7.33. The maximum Gasteiger partial charge on any atom is 0.410 e. The van der Waals surface area contributed by atoms with Crippen LogP contribution in [0.25, 0.3) is 0 Å². The normalized spacial score (nSPS) is 19.4. The van der Waals surface area contributed by atoms with Gasteiger partial charge in [-0.25, -0.2) is 4.79 Å². The Bertz CT molecular complexity index is 256. The van der Waals surface area contributed by atoms with E-state index in [4.69, 9.17) is 9.84 Å². The monoisotopic (exact) mass is 243 g/mol. The van der Waals surface area contributed by atoms with Gasteiger partial charge in [0.2, 0.25) is 0 Å². The van der Waals surface area contributed by atoms with E-state index in [1.807, 2.05) is 46.8 Å². The molecular formula is C13H25NO3. The van der Waals surface area contributed by atoms with Gasteiger partial charge in [0.1, 0.15) is 5.60 Å². The smallest absolute Gasteiger partial charge is 0.410 e. The minimum absolute atomic E-state index is 0.0242. The van der Waals surface area contributed by atoms with Crippen molar-refractivity contribution < 1.29 is 14.6 Å². The highest BCUT2D eigenvalue weighted by atomic mass is 16.6. The minimum Gasteiger partial charge on any atom is -0.444 e. The van der Waals surface area contributed by atoms with Crippen molar-refractivity contribution in [2.24, 2.45) is 0 Å². The van der Waals surface area contributed by atoms with Gasteiger partial charge in [0, 0.05) is 6.54 Å². The van der Waals surface area contributed by atoms with Crippen LogP contribution >= 0.6 is 0 Å². The minimum atomic E-state index is -0.488. The third-order valence-corrected chi connectivity index (χ3v) is 2.16. The molecule has 17 heavy (non-hydrogen) atoms. The Morgan fingerprint density at radius 1 is 1.41 bits per heavy atom. The molecule has 0 bridgehead atoms. The molecule has 4 heteroatoms. The Hall–Kier alpha value is -1.03. The first-order valence-corrected chi connectivity index (χ1v) is 6.19. The summed E-state index contributed by atoms with van der Waals surface area (Å²) in [6, 6.07) is -0.148. The van der Waals surface area contributed by atoms with Crippen molar-refractivity contribution in [3.05, 3.63) is 12.2 Å². The molecule has 0 spiro atoms. The average Bonchev–Trinajstić information content (AvgIpc) is 2.29. The lowest BCUT2D eigenvalue weighted by molar-refractivity contribution is 0.0114. The Morgan fingerprint density at radius 3 is 2.47 bits per heavy atom. The van der Waals surface area contributed by atoms with E-state index >= 15 is 0 Å². The Morgan fingerprint density at radius 2 is 2.00 bits per heavy atom. The summed E-state index contributed by atoms with van der Waals surface area (Å²) in [5, 5.41) is 9.13. The zero-order valence-corrected chi connectivity index (χ0v) is 11.6. The molecule has 0 fully saturated rings. The van der Waals surface area contributed by atoms with Crippen molar-refractivity contribution in [3.63, 3.8) is 0 Å². The molecule has 1 rings (SSSR count). The van der Waals surface area contributed by atoms with E-state index in [0.29, 0.717) is 13.0 Å². The van der Waals surface area contributed by atoms with Gasteiger partial charge >= 0.3 is 6.09 Å². The molecule has 0 saturated heterocycles. The van der Waals surface area contributed by atoms with Crippen molar-refractivity contribution in [1.29, 1.82) is 0 Å². The zero-order chi connectivity index (χ0) is 13.5. The first-order chi connectivity index (χ1) is 7.94. The number of aliphatic hydroxyl groups excluding tert-OH is 1. The molecule has 1 unspecified atom stereocenters. The summed E-state index contributed by atoms with van der Waals surface area (Å²) in [6.07, 6.45) is 4.22. The van der Waals surface area contributed by atoms with Gasteiger partial charge in [-0.3, -0.25) is 4.90 Å². The van der Waals surface area contributed by atoms with E-state index in [2.05, 4.69) is 0 Å². The number of amides is 1. The highest BCUT2D eigenvalue weighted by molar-refractivity contribution is 5.69. The van der Waals surface area contributed by atoms with Crippen LogP contribution in [-0.4, -0.2) is 40.9 Å². The summed E-state index contributed by atoms with van der Waals surface area (Å²) in [5.74, 6) is 0. The van der Waals surface area contributed by atoms with E-state index in [9.17, 15) is 4.79 Å². The predicted octanol–water partition coefficient (Wildman–Crippen LogP) is 2.57. The van der Waals surface area contributed by atoms with Crippen molar-refractivity contribution in [2.45, 2.75) is 52.7 Å². The van der Waals surface area contributed by atoms with Crippen LogP contribution < -0.4 is 0 Å². The van der Waals surface area contributed by atoms with E-state index in [1.165, 1.54) is 0 Å². The number of rotatable bonds is 1. The molecule has 0 saturated carbocycles. The van der Waals surface area contributed by atoms with E-state index in [-0.39, 0.29) is 18.7 Å². The number of carbonyl (C=O) groups excluding carboxylic acids is 1. The van der Waals surface area contributed by atoms with Crippen LogP contribution in [0.1, 0.15) is 41.0 Å². The molecule has 1 atom stereocenters. The predicted molar refractivity (Wildman–Crippen MR) is 68.9 cm³/mol. The van der Waals surface area contributed by atoms with Gasteiger partial charge in [0.05, 0.1) is 12.6 Å². The van der Waals surface area contributed by atoms with Gasteiger partial charge in [-0.1, -0.05) is 26.0 Å². The molecule has 1 aliphatic heterocycles. The quantitative estimate of drug-likeness (QED) is 0.720. The van der Waals surface area contributed by atoms with Crippen molar-refractivity contribution in [1.82, 2.24) is 4.90 Å². The van der Waals surface area contributed by atoms with Crippen LogP contribution in [0.5, 0.6) is 0 Å². The van der Waals surface area contributed by atoms with Crippen molar-refractivity contribution >= 4 is 6.09 Å². The highest BCUT2D eigenvalue weighted by Gasteiger charge is 2.27. The standard InChI is InChI=1S/C11H19NO3.C2H6/c1-11(2,3)15-10(14)12-7-5-4-6-9(12)8-13;1-2/h4-5,9,13H,6-8H2,1-3H3;1-2H3. The summed E-state index contributed by atoms with van der Waals surface area (Å²) >= 11 is 0. The fourth-order valence-electron chi connectivity index (χ4n) is 1.43. The van der Waals surface area contributed by atoms with Gasteiger partial charge in [-0.2, -0.15) is 0 Å². The third kappa shape index (κ3) is 5.73. The highest BCUT2D eigenvalue weighted by Crippen LogP contribution is 2.16. The molecule has 1 N–H and O–H groups in total. The Kier molecular flexibility index (Phi) is 6.88. The average molecular weight is 243 g/mol. The van der Waals surface area contributed by atoms with E-state index < -0.39 is 5.60 Å². The number of hydrogen-bond donors (Lipinski definition) is 1. The lowest BCUT2D eigenvalue weighted by Gasteiger charge is -2.33. The second-order valence-corrected chi connectivity index (χ2v) is 4.68. The summed E-state index contributed by atoms with van der Waals surface area (Å²) in [4.78, 5) is 13.3. The first kappa shape index (κ1) is 16.0. The van der Waals surface area contributed by atoms with Crippen molar-refractivity contribution in [3.8, 4) is 0 Å². The topological polar surface area (TPSA) is 49.8 Å². The number of aliphatic hydroxyl groups is 1. The summed E-state index contributed by atoms with van der Waals surface area (Å²) in [7, 11) is 0. The van der Waals surface area contributed by atoms with Crippen LogP contribution in [-0.2, 0) is 4.74 Å². The lowest BCUT2D eigenvalue weighted by Crippen LogP contribution is -2.46. The molecule has 0 aromatic rings. The van der Waals surface area contributed by atoms with Crippen molar-refractivity contribution in [2.75, 3.05) is 13.2 Å². The van der Waals surface area contributed by atoms with Gasteiger partial charge < -0.3 is 9.84 Å². The second-order valence-electron chi connectivity index (χ2n) is 4.68. The van der Waals surface area contributed by atoms with E-state index in [1.54, 1.807) is 4.90 Å². The summed E-state index contributed by atoms with van der Waals surface area (Å²) in [6.45, 7) is 9.99. The fourth-order valence-corrected chi connectivity index (χ4v) is 1.43. The molecular weight excluding hydrogens is 218 g/mol. The maximum absolute atomic E-state index is 11.7. The summed E-state index contributed by atoms with van der Waals surface area (Å²) < 4.78 is 5.25. The molecule has 1 aliphatic rings. The van der Waals surface area contributed by atoms with Crippen LogP contribution in [0.4, 0.5) is 4.79 Å². The largest absolute Gasteiger partial charge is 0.444 e. The van der Waals surface area contributed by atoms with Gasteiger partial charge in [0.15, 0.2) is 0 Å². The molecule has 0 aromatic carbocycles. The molecule has 0 aliphatic carbocycles. The Balaban J connectivity index is 0.00000121. The molecule has 0 radical (unpaired) electrons. The van der Waals surface area contributed by atoms with Crippen LogP contribution in [0.3, 0.4) is 0 Å². The molecule has 0 aromatic heterocycles. The van der Waals surface area contributed by atoms with Crippen LogP contribution in [0.15, 0.2) is 12.2 Å². The molecule has 1 amide bonds. The zero-order valence-electron chi connectivity index (χ0n) is 11.6. The maximum atomic E-state index is 11.7. The fraction of sp³-hybridized carbons (Fsp3) is 0.769. The third-order valence-electron chi connectivity index (χ3n) is 2.16. The van der Waals surface area contributed by atoms with Crippen LogP contribution in [0, 0.1) is 0 Å². The van der Waals surface area contributed by atoms with Crippen LogP contribution in [0.2, 0.25) is 0 Å². The number of carbonyl (C=O) groups is 1. The van der Waals surface area contributed by atoms with E-state index in [0.717, 1.165) is 0 Å². The number of hydrogen-bond acceptors (Lipinski definition) is 3. The molecule has 100 valence electrons. The molecule has 1 heterocycles.